The van der Waals surface area contributed by atoms with Crippen LogP contribution in [0.4, 0.5) is 5.69 Å². The molecule has 0 saturated heterocycles. The van der Waals surface area contributed by atoms with Crippen LogP contribution in [-0.4, -0.2) is 23.2 Å². The van der Waals surface area contributed by atoms with E-state index in [-0.39, 0.29) is 6.04 Å². The summed E-state index contributed by atoms with van der Waals surface area (Å²) < 4.78 is 30.1. The highest BCUT2D eigenvalue weighted by atomic mass is 32.2. The smallest absolute Gasteiger partial charge is 0.262 e. The summed E-state index contributed by atoms with van der Waals surface area (Å²) in [6.07, 6.45) is 3.22. The van der Waals surface area contributed by atoms with Gasteiger partial charge in [0, 0.05) is 11.4 Å². The maximum atomic E-state index is 12.8. The summed E-state index contributed by atoms with van der Waals surface area (Å²) in [7, 11) is -3.69. The molecule has 0 aliphatic rings. The quantitative estimate of drug-likeness (QED) is 0.771. The Morgan fingerprint density at radius 3 is 2.28 bits per heavy atom. The van der Waals surface area contributed by atoms with Crippen LogP contribution in [0.15, 0.2) is 35.5 Å². The van der Waals surface area contributed by atoms with Crippen LogP contribution in [0.5, 0.6) is 0 Å². The molecule has 0 radical (unpaired) electrons. The fourth-order valence-electron chi connectivity index (χ4n) is 3.17. The second-order valence-electron chi connectivity index (χ2n) is 6.65. The van der Waals surface area contributed by atoms with Crippen molar-refractivity contribution in [2.45, 2.75) is 45.6 Å². The van der Waals surface area contributed by atoms with Crippen molar-refractivity contribution in [1.29, 1.82) is 0 Å². The molecule has 0 aliphatic carbocycles. The first-order valence-electron chi connectivity index (χ1n) is 8.13. The zero-order valence-electron chi connectivity index (χ0n) is 15.0. The van der Waals surface area contributed by atoms with E-state index in [0.717, 1.165) is 27.7 Å². The van der Waals surface area contributed by atoms with Crippen molar-refractivity contribution in [2.24, 2.45) is 0 Å². The molecule has 1 N–H and O–H groups in total. The molecule has 0 saturated carbocycles. The van der Waals surface area contributed by atoms with Gasteiger partial charge in [0.25, 0.3) is 10.0 Å². The Morgan fingerprint density at radius 2 is 1.68 bits per heavy atom. The van der Waals surface area contributed by atoms with E-state index in [9.17, 15) is 8.42 Å². The Bertz CT molecular complexity index is 1030. The Hall–Kier alpha value is -2.41. The molecule has 0 aliphatic heterocycles. The van der Waals surface area contributed by atoms with Gasteiger partial charge in [-0.05, 0) is 51.8 Å². The van der Waals surface area contributed by atoms with Crippen LogP contribution in [0.3, 0.4) is 0 Å². The molecule has 0 spiro atoms. The second kappa shape index (κ2) is 6.15. The first-order valence-corrected chi connectivity index (χ1v) is 9.61. The number of fused-ring (bicyclic) bond motifs is 1. The third kappa shape index (κ3) is 3.24. The van der Waals surface area contributed by atoms with Gasteiger partial charge in [0.2, 0.25) is 0 Å². The normalized spacial score (nSPS) is 12.1. The fourth-order valence-corrected chi connectivity index (χ4v) is 4.66. The predicted molar refractivity (Wildman–Crippen MR) is 99.4 cm³/mol. The maximum absolute atomic E-state index is 12.8. The van der Waals surface area contributed by atoms with Crippen molar-refractivity contribution in [3.8, 4) is 0 Å². The van der Waals surface area contributed by atoms with Crippen molar-refractivity contribution >= 4 is 26.7 Å². The van der Waals surface area contributed by atoms with E-state index in [0.29, 0.717) is 10.6 Å². The first-order chi connectivity index (χ1) is 11.7. The van der Waals surface area contributed by atoms with Gasteiger partial charge in [-0.2, -0.15) is 5.10 Å². The molecule has 3 rings (SSSR count). The van der Waals surface area contributed by atoms with Crippen LogP contribution in [0.25, 0.3) is 11.0 Å². The number of nitrogens with one attached hydrogen (secondary N) is 1. The Balaban J connectivity index is 2.00. The fraction of sp³-hybridized carbons (Fsp3) is 0.333. The number of anilines is 1. The van der Waals surface area contributed by atoms with Crippen LogP contribution >= 0.6 is 0 Å². The minimum absolute atomic E-state index is 0.186. The molecule has 2 aromatic heterocycles. The standard InChI is InChI=1S/C18H22N4O2S/c1-11(2)22-18-15(9-20-22)8-16(10-19-18)21-25(23,24)17-13(4)6-12(3)7-14(17)5/h6-11,21H,1-5H3. The average Bonchev–Trinajstić information content (AvgIpc) is 2.88. The number of rotatable bonds is 4. The minimum Gasteiger partial charge on any atom is -0.278 e. The van der Waals surface area contributed by atoms with Crippen molar-refractivity contribution in [1.82, 2.24) is 14.8 Å². The molecule has 0 amide bonds. The molecule has 0 bridgehead atoms. The van der Waals surface area contributed by atoms with E-state index in [4.69, 9.17) is 0 Å². The van der Waals surface area contributed by atoms with E-state index >= 15 is 0 Å². The highest BCUT2D eigenvalue weighted by Gasteiger charge is 2.20. The summed E-state index contributed by atoms with van der Waals surface area (Å²) >= 11 is 0. The van der Waals surface area contributed by atoms with E-state index in [1.54, 1.807) is 12.3 Å². The third-order valence-corrected chi connectivity index (χ3v) is 5.73. The Kier molecular flexibility index (Phi) is 4.28. The molecule has 0 fully saturated rings. The summed E-state index contributed by atoms with van der Waals surface area (Å²) in [4.78, 5) is 4.69. The average molecular weight is 358 g/mol. The summed E-state index contributed by atoms with van der Waals surface area (Å²) in [6.45, 7) is 9.61. The molecule has 3 aromatic rings. The summed E-state index contributed by atoms with van der Waals surface area (Å²) in [5.74, 6) is 0. The first kappa shape index (κ1) is 17.4. The van der Waals surface area contributed by atoms with Gasteiger partial charge in [-0.3, -0.25) is 4.72 Å². The SMILES string of the molecule is Cc1cc(C)c(S(=O)(=O)Nc2cnc3c(cnn3C(C)C)c2)c(C)c1. The molecule has 25 heavy (non-hydrogen) atoms. The number of aryl methyl sites for hydroxylation is 3. The molecule has 6 nitrogen and oxygen atoms in total. The molecule has 0 unspecified atom stereocenters. The lowest BCUT2D eigenvalue weighted by atomic mass is 10.1. The van der Waals surface area contributed by atoms with E-state index in [2.05, 4.69) is 14.8 Å². The Labute approximate surface area is 147 Å². The monoisotopic (exact) mass is 358 g/mol. The van der Waals surface area contributed by atoms with Crippen molar-refractivity contribution < 1.29 is 8.42 Å². The van der Waals surface area contributed by atoms with Gasteiger partial charge < -0.3 is 0 Å². The van der Waals surface area contributed by atoms with Crippen LogP contribution in [0.1, 0.15) is 36.6 Å². The molecule has 1 aromatic carbocycles. The minimum atomic E-state index is -3.69. The van der Waals surface area contributed by atoms with Gasteiger partial charge in [-0.15, -0.1) is 0 Å². The van der Waals surface area contributed by atoms with Crippen molar-refractivity contribution in [3.63, 3.8) is 0 Å². The predicted octanol–water partition coefficient (Wildman–Crippen LogP) is 3.74. The lowest BCUT2D eigenvalue weighted by Crippen LogP contribution is -2.16. The maximum Gasteiger partial charge on any atom is 0.262 e. The Morgan fingerprint density at radius 1 is 1.04 bits per heavy atom. The number of aromatic nitrogens is 3. The zero-order chi connectivity index (χ0) is 18.4. The van der Waals surface area contributed by atoms with Crippen LogP contribution < -0.4 is 4.72 Å². The highest BCUT2D eigenvalue weighted by Crippen LogP contribution is 2.25. The second-order valence-corrected chi connectivity index (χ2v) is 8.27. The van der Waals surface area contributed by atoms with E-state index in [1.165, 1.54) is 6.20 Å². The number of nitrogens with zero attached hydrogens (tertiary/aromatic N) is 3. The van der Waals surface area contributed by atoms with Gasteiger partial charge in [0.15, 0.2) is 5.65 Å². The lowest BCUT2D eigenvalue weighted by molar-refractivity contribution is 0.546. The number of hydrogen-bond donors (Lipinski definition) is 1. The lowest BCUT2D eigenvalue weighted by Gasteiger charge is -2.14. The molecular formula is C18H22N4O2S. The molecular weight excluding hydrogens is 336 g/mol. The van der Waals surface area contributed by atoms with Crippen molar-refractivity contribution in [2.75, 3.05) is 4.72 Å². The number of benzene rings is 1. The van der Waals surface area contributed by atoms with Crippen LogP contribution in [0.2, 0.25) is 0 Å². The summed E-state index contributed by atoms with van der Waals surface area (Å²) in [5, 5.41) is 5.10. The summed E-state index contributed by atoms with van der Waals surface area (Å²) in [5.41, 5.74) is 3.66. The van der Waals surface area contributed by atoms with E-state index < -0.39 is 10.0 Å². The van der Waals surface area contributed by atoms with Gasteiger partial charge in [-0.1, -0.05) is 17.7 Å². The highest BCUT2D eigenvalue weighted by molar-refractivity contribution is 7.92. The number of hydrogen-bond acceptors (Lipinski definition) is 4. The molecule has 7 heteroatoms. The molecule has 0 atom stereocenters. The molecule has 132 valence electrons. The van der Waals surface area contributed by atoms with Gasteiger partial charge in [-0.25, -0.2) is 18.1 Å². The summed E-state index contributed by atoms with van der Waals surface area (Å²) in [6, 6.07) is 5.68. The topological polar surface area (TPSA) is 76.9 Å². The largest absolute Gasteiger partial charge is 0.278 e. The van der Waals surface area contributed by atoms with Crippen molar-refractivity contribution in [3.05, 3.63) is 47.3 Å². The van der Waals surface area contributed by atoms with Gasteiger partial charge >= 0.3 is 0 Å². The third-order valence-electron chi connectivity index (χ3n) is 4.05. The zero-order valence-corrected chi connectivity index (χ0v) is 15.8. The van der Waals surface area contributed by atoms with Crippen LogP contribution in [-0.2, 0) is 10.0 Å². The van der Waals surface area contributed by atoms with Gasteiger partial charge in [0.05, 0.1) is 23.0 Å². The number of pyridine rings is 1. The van der Waals surface area contributed by atoms with Gasteiger partial charge in [0.1, 0.15) is 0 Å². The number of sulfonamides is 1. The van der Waals surface area contributed by atoms with Crippen LogP contribution in [0, 0.1) is 20.8 Å². The molecule has 2 heterocycles. The van der Waals surface area contributed by atoms with E-state index in [1.807, 2.05) is 51.4 Å².